The van der Waals surface area contributed by atoms with E-state index in [2.05, 4.69) is 25.3 Å². The lowest BCUT2D eigenvalue weighted by molar-refractivity contribution is -0.114. The second-order valence-corrected chi connectivity index (χ2v) is 19.2. The summed E-state index contributed by atoms with van der Waals surface area (Å²) in [7, 11) is 17.5. The minimum atomic E-state index is -0.420. The molecule has 454 valence electrons. The van der Waals surface area contributed by atoms with Crippen LogP contribution in [0.1, 0.15) is 26.3 Å². The number of nitrogens with two attached hydrogens (primary N) is 2. The van der Waals surface area contributed by atoms with E-state index < -0.39 is 10.9 Å². The van der Waals surface area contributed by atoms with Crippen LogP contribution in [0.2, 0.25) is 0 Å². The van der Waals surface area contributed by atoms with Crippen molar-refractivity contribution in [3.05, 3.63) is 142 Å². The molecule has 0 aliphatic carbocycles. The Morgan fingerprint density at radius 3 is 1.47 bits per heavy atom. The predicted octanol–water partition coefficient (Wildman–Crippen LogP) is 7.01. The Kier molecular flexibility index (Phi) is 24.6. The van der Waals surface area contributed by atoms with Crippen LogP contribution in [0.3, 0.4) is 0 Å². The number of halogens is 1. The molecule has 85 heavy (non-hydrogen) atoms. The van der Waals surface area contributed by atoms with Crippen molar-refractivity contribution in [3.63, 3.8) is 0 Å². The van der Waals surface area contributed by atoms with Crippen molar-refractivity contribution in [1.29, 1.82) is 0 Å². The number of nitrogens with zero attached hydrogens (tertiary/aromatic N) is 11. The van der Waals surface area contributed by atoms with E-state index in [4.69, 9.17) is 52.9 Å². The summed E-state index contributed by atoms with van der Waals surface area (Å²) < 4.78 is 44.9. The third-order valence-corrected chi connectivity index (χ3v) is 12.6. The van der Waals surface area contributed by atoms with Gasteiger partial charge in [0, 0.05) is 61.0 Å². The van der Waals surface area contributed by atoms with E-state index in [1.165, 1.54) is 48.0 Å². The maximum absolute atomic E-state index is 14.1. The number of likely N-dealkylation sites (N-methyl/N-ethyl adjacent to an activating group) is 3. The molecular formula is C60H77ClN14O10. The highest BCUT2D eigenvalue weighted by Crippen LogP contribution is 2.34. The number of imidazole rings is 2. The minimum absolute atomic E-state index is 0.142. The number of methoxy groups -OCH3 is 4. The number of anilines is 4. The standard InChI is InChI=1S/C29H35N7O5.C23H26N6O4.C6H10ClNO.C2H6/c1-19-9-10-21(17-24(19)40-6)35-26-27(30)31-18-32-28(26)36(29(35)38)20-11-12-23(41-15-14-39-5)22(16-20)34(4)25(37)8-7-13-33(2)3;1-14-5-6-16(12-19(14)32-4)28-20-21(24)26-13-27-22(20)29(23(28)30)15-7-8-18(17(11-15)25-2)33-10-9-31-3;1-8(2)5-3-4-6(7)9;1-2/h7-12,16-18H,13-15H2,1-6H3,(H2,30,31,32);5-8,11-13,25H,9-10H2,1-4H3,(H2,24,26,27);3-4H,5H2,1-2H3;1-2H3/b8-7+;;4-3+;/i;;;1D. The Morgan fingerprint density at radius 1 is 0.612 bits per heavy atom. The van der Waals surface area contributed by atoms with Crippen molar-refractivity contribution in [2.24, 2.45) is 0 Å². The first-order valence-electron chi connectivity index (χ1n) is 27.3. The Bertz CT molecular complexity index is 3770. The van der Waals surface area contributed by atoms with Crippen molar-refractivity contribution in [3.8, 4) is 45.7 Å². The molecule has 0 spiro atoms. The fourth-order valence-corrected chi connectivity index (χ4v) is 8.45. The number of allylic oxidation sites excluding steroid dienone is 1. The zero-order valence-electron chi connectivity index (χ0n) is 51.4. The molecule has 4 aromatic carbocycles. The summed E-state index contributed by atoms with van der Waals surface area (Å²) in [5, 5.41) is 2.69. The van der Waals surface area contributed by atoms with Gasteiger partial charge in [0.25, 0.3) is 5.91 Å². The number of rotatable bonds is 22. The van der Waals surface area contributed by atoms with Gasteiger partial charge in [-0.05, 0) is 119 Å². The van der Waals surface area contributed by atoms with Crippen LogP contribution >= 0.6 is 11.6 Å². The molecule has 0 bridgehead atoms. The summed E-state index contributed by atoms with van der Waals surface area (Å²) in [6.07, 6.45) is 9.00. The van der Waals surface area contributed by atoms with Crippen molar-refractivity contribution in [2.75, 3.05) is 132 Å². The van der Waals surface area contributed by atoms with Gasteiger partial charge in [-0.25, -0.2) is 38.7 Å². The number of benzene rings is 4. The number of aromatic nitrogens is 8. The SMILES string of the molecule is CN(C)C/C=C/C(=O)Cl.CNc1cc(-n2c(=O)n(-c3ccc(C)c(OC)c3)c3c(N)ncnc32)ccc1OCCOC.COCCOc1ccc(-n2c(=O)n(-c3ccc(C)c(OC)c3)c3c(N)ncnc32)cc1N(C)C(=O)/C=C/CN(C)C.[2H]CC. The summed E-state index contributed by atoms with van der Waals surface area (Å²) in [5.74, 6) is 2.46. The van der Waals surface area contributed by atoms with E-state index in [1.807, 2.05) is 76.1 Å². The molecule has 0 aliphatic heterocycles. The highest BCUT2D eigenvalue weighted by Gasteiger charge is 2.25. The average Bonchev–Trinajstić information content (AvgIpc) is 1.88. The van der Waals surface area contributed by atoms with Crippen molar-refractivity contribution >= 4 is 68.1 Å². The van der Waals surface area contributed by atoms with Crippen LogP contribution in [0.25, 0.3) is 45.1 Å². The summed E-state index contributed by atoms with van der Waals surface area (Å²) >= 11 is 5.02. The van der Waals surface area contributed by atoms with Crippen LogP contribution in [-0.4, -0.2) is 169 Å². The van der Waals surface area contributed by atoms with Crippen LogP contribution < -0.4 is 52.0 Å². The van der Waals surface area contributed by atoms with Crippen molar-refractivity contribution in [1.82, 2.24) is 48.0 Å². The van der Waals surface area contributed by atoms with Crippen molar-refractivity contribution in [2.45, 2.75) is 27.7 Å². The quantitative estimate of drug-likeness (QED) is 0.0350. The van der Waals surface area contributed by atoms with Gasteiger partial charge < -0.3 is 59.9 Å². The van der Waals surface area contributed by atoms with Gasteiger partial charge in [0.05, 0.1) is 61.6 Å². The maximum Gasteiger partial charge on any atom is 0.339 e. The van der Waals surface area contributed by atoms with Gasteiger partial charge in [0.15, 0.2) is 22.9 Å². The molecule has 1 amide bonds. The first-order chi connectivity index (χ1) is 41.2. The number of amides is 1. The molecule has 0 atom stereocenters. The summed E-state index contributed by atoms with van der Waals surface area (Å²) in [6.45, 7) is 9.01. The molecule has 0 aliphatic rings. The Labute approximate surface area is 500 Å². The number of ether oxygens (including phenoxy) is 6. The van der Waals surface area contributed by atoms with Gasteiger partial charge in [0.2, 0.25) is 5.24 Å². The molecule has 0 saturated heterocycles. The predicted molar refractivity (Wildman–Crippen MR) is 336 cm³/mol. The smallest absolute Gasteiger partial charge is 0.339 e. The second kappa shape index (κ2) is 32.1. The number of carbonyl (C=O) groups is 2. The molecule has 8 rings (SSSR count). The van der Waals surface area contributed by atoms with E-state index in [-0.39, 0.29) is 29.8 Å². The Hall–Kier alpha value is -9.07. The number of nitrogen functional groups attached to an aromatic ring is 2. The molecule has 0 fully saturated rings. The molecule has 0 radical (unpaired) electrons. The molecule has 4 heterocycles. The first kappa shape index (κ1) is 65.1. The molecule has 24 nitrogen and oxygen atoms in total. The monoisotopic (exact) mass is 1190 g/mol. The fraction of sp³-hybridized carbons (Fsp3) is 0.333. The largest absolute Gasteiger partial charge is 0.496 e. The molecular weight excluding hydrogens is 1110 g/mol. The maximum atomic E-state index is 14.1. The Morgan fingerprint density at radius 2 is 1.04 bits per heavy atom. The van der Waals surface area contributed by atoms with E-state index in [0.717, 1.165) is 23.4 Å². The van der Waals surface area contributed by atoms with Gasteiger partial charge in [0.1, 0.15) is 59.9 Å². The number of hydrogen-bond acceptors (Lipinski definition) is 19. The number of hydrogen-bond donors (Lipinski definition) is 3. The van der Waals surface area contributed by atoms with E-state index in [1.54, 1.807) is 110 Å². The van der Waals surface area contributed by atoms with Crippen LogP contribution in [0.4, 0.5) is 23.0 Å². The topological polar surface area (TPSA) is 269 Å². The van der Waals surface area contributed by atoms with Gasteiger partial charge in [-0.3, -0.25) is 18.7 Å². The second-order valence-electron chi connectivity index (χ2n) is 18.9. The van der Waals surface area contributed by atoms with Gasteiger partial charge in [-0.1, -0.05) is 38.1 Å². The fourth-order valence-electron chi connectivity index (χ4n) is 8.36. The minimum Gasteiger partial charge on any atom is -0.496 e. The molecule has 8 aromatic rings. The molecule has 5 N–H and O–H groups in total. The first-order valence-corrected chi connectivity index (χ1v) is 27.0. The number of carbonyl (C=O) groups excluding carboxylic acids is 2. The Balaban J connectivity index is 0.000000268. The van der Waals surface area contributed by atoms with Crippen LogP contribution in [0, 0.1) is 13.8 Å². The van der Waals surface area contributed by atoms with Crippen LogP contribution in [-0.2, 0) is 19.1 Å². The van der Waals surface area contributed by atoms with E-state index in [9.17, 15) is 19.2 Å². The third-order valence-electron chi connectivity index (χ3n) is 12.5. The summed E-state index contributed by atoms with van der Waals surface area (Å²) in [5.41, 5.74) is 18.4. The number of nitrogens with one attached hydrogen (secondary N) is 1. The highest BCUT2D eigenvalue weighted by atomic mass is 35.5. The average molecular weight is 1190 g/mol. The molecule has 4 aromatic heterocycles. The molecule has 0 unspecified atom stereocenters. The van der Waals surface area contributed by atoms with E-state index >= 15 is 0 Å². The molecule has 25 heteroatoms. The number of aryl methyl sites for hydroxylation is 2. The molecule has 0 saturated carbocycles. The summed E-state index contributed by atoms with van der Waals surface area (Å²) in [4.78, 5) is 73.3. The lowest BCUT2D eigenvalue weighted by atomic mass is 10.2. The zero-order valence-corrected chi connectivity index (χ0v) is 51.1. The van der Waals surface area contributed by atoms with E-state index in [0.29, 0.717) is 107 Å². The number of fused-ring (bicyclic) bond motifs is 2. The normalized spacial score (nSPS) is 11.2. The van der Waals surface area contributed by atoms with Gasteiger partial charge >= 0.3 is 11.4 Å². The van der Waals surface area contributed by atoms with Crippen molar-refractivity contribution < 1.29 is 39.4 Å². The lowest BCUT2D eigenvalue weighted by Gasteiger charge is -2.21. The van der Waals surface area contributed by atoms with Crippen LogP contribution in [0.15, 0.2) is 119 Å². The lowest BCUT2D eigenvalue weighted by Crippen LogP contribution is -2.26. The third kappa shape index (κ3) is 16.6. The summed E-state index contributed by atoms with van der Waals surface area (Å²) in [6, 6.07) is 21.5. The van der Waals surface area contributed by atoms with Gasteiger partial charge in [-0.2, -0.15) is 0 Å². The zero-order chi connectivity index (χ0) is 63.2. The highest BCUT2D eigenvalue weighted by molar-refractivity contribution is 6.66. The van der Waals surface area contributed by atoms with Gasteiger partial charge in [-0.15, -0.1) is 0 Å². The van der Waals surface area contributed by atoms with Crippen LogP contribution in [0.5, 0.6) is 23.0 Å².